The number of aromatic hydroxyl groups is 1. The highest BCUT2D eigenvalue weighted by Crippen LogP contribution is 2.35. The average Bonchev–Trinajstić information content (AvgIpc) is 2.49. The van der Waals surface area contributed by atoms with Crippen LogP contribution >= 0.6 is 0 Å². The SMILES string of the molecule is CCCC(C)Cc1c(O)c2c(OCCO)cccc2oc1=O. The van der Waals surface area contributed by atoms with Gasteiger partial charge in [0.2, 0.25) is 0 Å². The van der Waals surface area contributed by atoms with E-state index < -0.39 is 5.63 Å². The van der Waals surface area contributed by atoms with Crippen molar-refractivity contribution < 1.29 is 19.4 Å². The van der Waals surface area contributed by atoms with Crippen molar-refractivity contribution in [1.82, 2.24) is 0 Å². The second kappa shape index (κ2) is 7.31. The lowest BCUT2D eigenvalue weighted by Gasteiger charge is -2.13. The van der Waals surface area contributed by atoms with Gasteiger partial charge in [-0.15, -0.1) is 0 Å². The summed E-state index contributed by atoms with van der Waals surface area (Å²) in [6, 6.07) is 4.97. The first-order valence-electron chi connectivity index (χ1n) is 7.59. The van der Waals surface area contributed by atoms with E-state index in [9.17, 15) is 9.90 Å². The van der Waals surface area contributed by atoms with Crippen molar-refractivity contribution in [1.29, 1.82) is 0 Å². The summed E-state index contributed by atoms with van der Waals surface area (Å²) in [6.07, 6.45) is 2.46. The Bertz CT molecular complexity index is 689. The second-order valence-corrected chi connectivity index (χ2v) is 5.52. The third kappa shape index (κ3) is 3.42. The van der Waals surface area contributed by atoms with Crippen LogP contribution < -0.4 is 10.4 Å². The van der Waals surface area contributed by atoms with E-state index in [-0.39, 0.29) is 36.0 Å². The largest absolute Gasteiger partial charge is 0.506 e. The summed E-state index contributed by atoms with van der Waals surface area (Å²) < 4.78 is 10.7. The molecule has 1 unspecified atom stereocenters. The highest BCUT2D eigenvalue weighted by molar-refractivity contribution is 5.90. The molecule has 0 saturated carbocycles. The van der Waals surface area contributed by atoms with Gasteiger partial charge in [-0.3, -0.25) is 0 Å². The standard InChI is InChI=1S/C17H22O5/c1-3-5-11(2)10-12-16(19)15-13(21-9-8-18)6-4-7-14(15)22-17(12)20/h4,6-7,11,18-19H,3,5,8-10H2,1-2H3. The lowest BCUT2D eigenvalue weighted by atomic mass is 9.96. The molecule has 1 aromatic heterocycles. The summed E-state index contributed by atoms with van der Waals surface area (Å²) in [5.41, 5.74) is 0.0607. The summed E-state index contributed by atoms with van der Waals surface area (Å²) in [4.78, 5) is 12.1. The van der Waals surface area contributed by atoms with Crippen molar-refractivity contribution in [3.63, 3.8) is 0 Å². The number of aliphatic hydroxyl groups excluding tert-OH is 1. The summed E-state index contributed by atoms with van der Waals surface area (Å²) in [6.45, 7) is 4.11. The molecule has 0 aliphatic carbocycles. The van der Waals surface area contributed by atoms with Crippen molar-refractivity contribution in [3.8, 4) is 11.5 Å². The number of rotatable bonds is 7. The number of benzene rings is 1. The van der Waals surface area contributed by atoms with E-state index >= 15 is 0 Å². The van der Waals surface area contributed by atoms with Gasteiger partial charge in [0.15, 0.2) is 0 Å². The molecule has 22 heavy (non-hydrogen) atoms. The molecule has 0 radical (unpaired) electrons. The van der Waals surface area contributed by atoms with Gasteiger partial charge in [-0.05, 0) is 24.5 Å². The van der Waals surface area contributed by atoms with Gasteiger partial charge < -0.3 is 19.4 Å². The van der Waals surface area contributed by atoms with Crippen LogP contribution in [0.4, 0.5) is 0 Å². The maximum Gasteiger partial charge on any atom is 0.343 e. The van der Waals surface area contributed by atoms with Gasteiger partial charge in [0.1, 0.15) is 29.1 Å². The summed E-state index contributed by atoms with van der Waals surface area (Å²) in [5.74, 6) is 0.599. The van der Waals surface area contributed by atoms with E-state index in [0.717, 1.165) is 12.8 Å². The second-order valence-electron chi connectivity index (χ2n) is 5.52. The molecule has 1 atom stereocenters. The van der Waals surface area contributed by atoms with Crippen LogP contribution in [-0.4, -0.2) is 23.4 Å². The quantitative estimate of drug-likeness (QED) is 0.769. The minimum Gasteiger partial charge on any atom is -0.506 e. The molecule has 1 heterocycles. The van der Waals surface area contributed by atoms with E-state index in [1.165, 1.54) is 0 Å². The van der Waals surface area contributed by atoms with Crippen molar-refractivity contribution >= 4 is 11.0 Å². The zero-order chi connectivity index (χ0) is 16.1. The molecule has 0 amide bonds. The van der Waals surface area contributed by atoms with Crippen LogP contribution in [0.2, 0.25) is 0 Å². The van der Waals surface area contributed by atoms with Crippen molar-refractivity contribution in [2.45, 2.75) is 33.1 Å². The van der Waals surface area contributed by atoms with Gasteiger partial charge in [0.25, 0.3) is 0 Å². The fraction of sp³-hybridized carbons (Fsp3) is 0.471. The molecule has 0 saturated heterocycles. The molecular weight excluding hydrogens is 284 g/mol. The third-order valence-corrected chi connectivity index (χ3v) is 3.64. The number of hydrogen-bond acceptors (Lipinski definition) is 5. The lowest BCUT2D eigenvalue weighted by molar-refractivity contribution is 0.202. The van der Waals surface area contributed by atoms with Crippen molar-refractivity contribution in [2.75, 3.05) is 13.2 Å². The molecule has 2 N–H and O–H groups in total. The number of aliphatic hydroxyl groups is 1. The molecule has 0 aliphatic rings. The molecule has 2 aromatic rings. The van der Waals surface area contributed by atoms with Gasteiger partial charge >= 0.3 is 5.63 Å². The van der Waals surface area contributed by atoms with Gasteiger partial charge in [-0.25, -0.2) is 4.79 Å². The molecular formula is C17H22O5. The maximum atomic E-state index is 12.1. The first-order chi connectivity index (χ1) is 10.6. The Morgan fingerprint density at radius 3 is 2.82 bits per heavy atom. The maximum absolute atomic E-state index is 12.1. The summed E-state index contributed by atoms with van der Waals surface area (Å²) >= 11 is 0. The van der Waals surface area contributed by atoms with E-state index in [1.54, 1.807) is 18.2 Å². The first-order valence-corrected chi connectivity index (χ1v) is 7.59. The topological polar surface area (TPSA) is 79.9 Å². The van der Waals surface area contributed by atoms with Crippen LogP contribution in [0.3, 0.4) is 0 Å². The molecule has 0 fully saturated rings. The summed E-state index contributed by atoms with van der Waals surface area (Å²) in [5, 5.41) is 19.8. The number of fused-ring (bicyclic) bond motifs is 1. The van der Waals surface area contributed by atoms with Crippen molar-refractivity contribution in [3.05, 3.63) is 34.2 Å². The Balaban J connectivity index is 2.51. The molecule has 1 aromatic carbocycles. The molecule has 0 spiro atoms. The predicted octanol–water partition coefficient (Wildman–Crippen LogP) is 2.85. The van der Waals surface area contributed by atoms with Crippen LogP contribution in [0, 0.1) is 5.92 Å². The predicted molar refractivity (Wildman–Crippen MR) is 84.5 cm³/mol. The Labute approximate surface area is 129 Å². The van der Waals surface area contributed by atoms with E-state index in [2.05, 4.69) is 6.92 Å². The number of hydrogen-bond donors (Lipinski definition) is 2. The fourth-order valence-electron chi connectivity index (χ4n) is 2.64. The van der Waals surface area contributed by atoms with Crippen LogP contribution in [0.15, 0.2) is 27.4 Å². The lowest BCUT2D eigenvalue weighted by Crippen LogP contribution is -2.12. The highest BCUT2D eigenvalue weighted by atomic mass is 16.5. The molecule has 0 aliphatic heterocycles. The summed E-state index contributed by atoms with van der Waals surface area (Å²) in [7, 11) is 0. The van der Waals surface area contributed by atoms with Gasteiger partial charge in [0, 0.05) is 0 Å². The smallest absolute Gasteiger partial charge is 0.343 e. The molecule has 5 heteroatoms. The van der Waals surface area contributed by atoms with E-state index in [4.69, 9.17) is 14.3 Å². The molecule has 5 nitrogen and oxygen atoms in total. The van der Waals surface area contributed by atoms with E-state index in [0.29, 0.717) is 17.6 Å². The minimum absolute atomic E-state index is 0.0808. The zero-order valence-corrected chi connectivity index (χ0v) is 13.0. The Hall–Kier alpha value is -2.01. The monoisotopic (exact) mass is 306 g/mol. The highest BCUT2D eigenvalue weighted by Gasteiger charge is 2.19. The zero-order valence-electron chi connectivity index (χ0n) is 13.0. The van der Waals surface area contributed by atoms with Crippen LogP contribution in [0.1, 0.15) is 32.3 Å². The normalized spacial score (nSPS) is 12.5. The average molecular weight is 306 g/mol. The molecule has 120 valence electrons. The fourth-order valence-corrected chi connectivity index (χ4v) is 2.64. The Kier molecular flexibility index (Phi) is 5.44. The first kappa shape index (κ1) is 16.4. The van der Waals surface area contributed by atoms with Crippen LogP contribution in [0.5, 0.6) is 11.5 Å². The minimum atomic E-state index is -0.507. The van der Waals surface area contributed by atoms with Crippen LogP contribution in [0.25, 0.3) is 11.0 Å². The van der Waals surface area contributed by atoms with Gasteiger partial charge in [-0.2, -0.15) is 0 Å². The molecule has 0 bridgehead atoms. The van der Waals surface area contributed by atoms with Gasteiger partial charge in [-0.1, -0.05) is 32.8 Å². The van der Waals surface area contributed by atoms with Crippen LogP contribution in [-0.2, 0) is 6.42 Å². The van der Waals surface area contributed by atoms with Crippen molar-refractivity contribution in [2.24, 2.45) is 5.92 Å². The number of ether oxygens (including phenoxy) is 1. The van der Waals surface area contributed by atoms with E-state index in [1.807, 2.05) is 6.92 Å². The third-order valence-electron chi connectivity index (χ3n) is 3.64. The Morgan fingerprint density at radius 2 is 2.14 bits per heavy atom. The molecule has 2 rings (SSSR count). The van der Waals surface area contributed by atoms with Gasteiger partial charge in [0.05, 0.1) is 12.2 Å². The Morgan fingerprint density at radius 1 is 1.36 bits per heavy atom.